The molecule has 1 aliphatic rings. The molecule has 0 aromatic heterocycles. The summed E-state index contributed by atoms with van der Waals surface area (Å²) in [5.41, 5.74) is 0. The van der Waals surface area contributed by atoms with Crippen molar-refractivity contribution in [1.29, 1.82) is 0 Å². The zero-order chi connectivity index (χ0) is 12.1. The summed E-state index contributed by atoms with van der Waals surface area (Å²) in [4.78, 5) is 13.3. The first-order chi connectivity index (χ1) is 7.56. The van der Waals surface area contributed by atoms with E-state index >= 15 is 0 Å². The number of methoxy groups -OCH3 is 1. The summed E-state index contributed by atoms with van der Waals surface area (Å²) in [6.45, 7) is 6.79. The van der Waals surface area contributed by atoms with Gasteiger partial charge in [-0.25, -0.2) is 0 Å². The highest BCUT2D eigenvalue weighted by atomic mass is 16.5. The Morgan fingerprint density at radius 3 is 2.56 bits per heavy atom. The van der Waals surface area contributed by atoms with Crippen LogP contribution in [0, 0.1) is 11.8 Å². The Morgan fingerprint density at radius 2 is 2.19 bits per heavy atom. The van der Waals surface area contributed by atoms with Crippen LogP contribution < -0.4 is 0 Å². The first-order valence-corrected chi connectivity index (χ1v) is 6.02. The number of hydrogen-bond acceptors (Lipinski definition) is 3. The van der Waals surface area contributed by atoms with Gasteiger partial charge in [-0.15, -0.1) is 0 Å². The molecule has 0 aromatic rings. The summed E-state index contributed by atoms with van der Waals surface area (Å²) in [6.07, 6.45) is 1.83. The van der Waals surface area contributed by atoms with Crippen molar-refractivity contribution in [3.8, 4) is 0 Å². The molecular formula is C12H23NO3. The van der Waals surface area contributed by atoms with E-state index in [2.05, 4.69) is 18.7 Å². The van der Waals surface area contributed by atoms with Gasteiger partial charge in [-0.05, 0) is 18.8 Å². The van der Waals surface area contributed by atoms with Crippen LogP contribution in [0.3, 0.4) is 0 Å². The van der Waals surface area contributed by atoms with Crippen molar-refractivity contribution < 1.29 is 14.6 Å². The number of nitrogens with zero attached hydrogens (tertiary/aromatic N) is 1. The summed E-state index contributed by atoms with van der Waals surface area (Å²) in [5, 5.41) is 9.05. The van der Waals surface area contributed by atoms with E-state index in [-0.39, 0.29) is 12.0 Å². The van der Waals surface area contributed by atoms with Crippen molar-refractivity contribution in [3.63, 3.8) is 0 Å². The summed E-state index contributed by atoms with van der Waals surface area (Å²) >= 11 is 0. The molecule has 4 heteroatoms. The van der Waals surface area contributed by atoms with Crippen LogP contribution in [-0.4, -0.2) is 48.8 Å². The topological polar surface area (TPSA) is 49.8 Å². The largest absolute Gasteiger partial charge is 0.481 e. The van der Waals surface area contributed by atoms with Gasteiger partial charge < -0.3 is 9.84 Å². The number of ether oxygens (including phenoxy) is 1. The van der Waals surface area contributed by atoms with E-state index in [9.17, 15) is 4.79 Å². The molecule has 2 atom stereocenters. The lowest BCUT2D eigenvalue weighted by Crippen LogP contribution is -2.52. The molecule has 16 heavy (non-hydrogen) atoms. The Kier molecular flexibility index (Phi) is 5.22. The van der Waals surface area contributed by atoms with Gasteiger partial charge >= 0.3 is 5.97 Å². The lowest BCUT2D eigenvalue weighted by molar-refractivity contribution is -0.149. The van der Waals surface area contributed by atoms with Crippen LogP contribution in [0.25, 0.3) is 0 Å². The molecule has 0 spiro atoms. The minimum Gasteiger partial charge on any atom is -0.481 e. The van der Waals surface area contributed by atoms with E-state index in [1.54, 1.807) is 7.11 Å². The van der Waals surface area contributed by atoms with E-state index in [0.29, 0.717) is 12.5 Å². The molecule has 1 saturated carbocycles. The quantitative estimate of drug-likeness (QED) is 0.718. The maximum atomic E-state index is 11.0. The van der Waals surface area contributed by atoms with Crippen LogP contribution in [0.5, 0.6) is 0 Å². The molecule has 1 rings (SSSR count). The molecule has 1 aliphatic carbocycles. The molecule has 94 valence electrons. The Bertz CT molecular complexity index is 230. The monoisotopic (exact) mass is 229 g/mol. The van der Waals surface area contributed by atoms with Gasteiger partial charge in [-0.2, -0.15) is 0 Å². The van der Waals surface area contributed by atoms with Crippen LogP contribution in [-0.2, 0) is 9.53 Å². The third-order valence-corrected chi connectivity index (χ3v) is 3.21. The Balaban J connectivity index is 2.50. The van der Waals surface area contributed by atoms with E-state index in [1.165, 1.54) is 0 Å². The smallest absolute Gasteiger partial charge is 0.308 e. The second kappa shape index (κ2) is 6.21. The summed E-state index contributed by atoms with van der Waals surface area (Å²) in [5.74, 6) is -0.259. The maximum absolute atomic E-state index is 11.0. The third-order valence-electron chi connectivity index (χ3n) is 3.21. The number of carbonyl (C=O) groups is 1. The molecule has 0 bridgehead atoms. The molecule has 0 aliphatic heterocycles. The van der Waals surface area contributed by atoms with Gasteiger partial charge in [0.05, 0.1) is 12.5 Å². The highest BCUT2D eigenvalue weighted by Crippen LogP contribution is 2.32. The summed E-state index contributed by atoms with van der Waals surface area (Å²) in [6, 6.07) is 0.218. The van der Waals surface area contributed by atoms with Crippen molar-refractivity contribution >= 4 is 5.97 Å². The lowest BCUT2D eigenvalue weighted by Gasteiger charge is -2.43. The van der Waals surface area contributed by atoms with Crippen LogP contribution in [0.4, 0.5) is 0 Å². The number of carboxylic acid groups (broad SMARTS) is 1. The zero-order valence-corrected chi connectivity index (χ0v) is 10.5. The molecule has 1 N–H and O–H groups in total. The summed E-state index contributed by atoms with van der Waals surface area (Å²) < 4.78 is 5.08. The van der Waals surface area contributed by atoms with Gasteiger partial charge in [-0.1, -0.05) is 13.8 Å². The second-order valence-corrected chi connectivity index (χ2v) is 4.97. The van der Waals surface area contributed by atoms with E-state index < -0.39 is 5.97 Å². The first kappa shape index (κ1) is 13.5. The highest BCUT2D eigenvalue weighted by molar-refractivity contribution is 5.72. The fourth-order valence-electron chi connectivity index (χ4n) is 2.28. The number of carboxylic acids is 1. The molecule has 0 amide bonds. The molecule has 0 heterocycles. The Morgan fingerprint density at radius 1 is 1.50 bits per heavy atom. The molecule has 4 nitrogen and oxygen atoms in total. The second-order valence-electron chi connectivity index (χ2n) is 4.97. The van der Waals surface area contributed by atoms with E-state index in [1.807, 2.05) is 0 Å². The zero-order valence-electron chi connectivity index (χ0n) is 10.5. The van der Waals surface area contributed by atoms with Crippen LogP contribution >= 0.6 is 0 Å². The number of rotatable bonds is 7. The van der Waals surface area contributed by atoms with Crippen molar-refractivity contribution in [2.45, 2.75) is 32.7 Å². The van der Waals surface area contributed by atoms with Crippen LogP contribution in [0.15, 0.2) is 0 Å². The predicted octanol–water partition coefficient (Wildman–Crippen LogP) is 1.45. The molecule has 0 radical (unpaired) electrons. The van der Waals surface area contributed by atoms with Gasteiger partial charge in [0, 0.05) is 26.2 Å². The van der Waals surface area contributed by atoms with Crippen molar-refractivity contribution in [1.82, 2.24) is 4.90 Å². The van der Waals surface area contributed by atoms with Gasteiger partial charge in [0.2, 0.25) is 0 Å². The van der Waals surface area contributed by atoms with Gasteiger partial charge in [0.1, 0.15) is 0 Å². The Hall–Kier alpha value is -0.610. The average molecular weight is 229 g/mol. The molecule has 1 fully saturated rings. The first-order valence-electron chi connectivity index (χ1n) is 6.02. The average Bonchev–Trinajstić information content (AvgIpc) is 2.10. The van der Waals surface area contributed by atoms with E-state index in [4.69, 9.17) is 9.84 Å². The molecule has 2 unspecified atom stereocenters. The predicted molar refractivity (Wildman–Crippen MR) is 62.4 cm³/mol. The van der Waals surface area contributed by atoms with Crippen molar-refractivity contribution in [3.05, 3.63) is 0 Å². The Labute approximate surface area is 97.6 Å². The fourth-order valence-corrected chi connectivity index (χ4v) is 2.28. The maximum Gasteiger partial charge on any atom is 0.308 e. The van der Waals surface area contributed by atoms with Crippen LogP contribution in [0.2, 0.25) is 0 Å². The van der Waals surface area contributed by atoms with Crippen molar-refractivity contribution in [2.24, 2.45) is 11.8 Å². The molecule has 0 aromatic carbocycles. The number of hydrogen-bond donors (Lipinski definition) is 1. The molecule has 0 saturated heterocycles. The standard InChI is InChI=1S/C12H23NO3/c1-9(2)8-13(6-7-16-3)11-5-4-10(11)12(14)15/h9-11H,4-8H2,1-3H3,(H,14,15). The van der Waals surface area contributed by atoms with Crippen LogP contribution in [0.1, 0.15) is 26.7 Å². The molecular weight excluding hydrogens is 206 g/mol. The van der Waals surface area contributed by atoms with Gasteiger partial charge in [0.15, 0.2) is 0 Å². The SMILES string of the molecule is COCCN(CC(C)C)C1CCC1C(=O)O. The number of aliphatic carboxylic acids is 1. The van der Waals surface area contributed by atoms with Crippen molar-refractivity contribution in [2.75, 3.05) is 26.8 Å². The minimum absolute atomic E-state index is 0.171. The van der Waals surface area contributed by atoms with E-state index in [0.717, 1.165) is 25.9 Å². The summed E-state index contributed by atoms with van der Waals surface area (Å²) in [7, 11) is 1.68. The third kappa shape index (κ3) is 3.46. The highest BCUT2D eigenvalue weighted by Gasteiger charge is 2.40. The normalized spacial score (nSPS) is 24.8. The van der Waals surface area contributed by atoms with Gasteiger partial charge in [-0.3, -0.25) is 9.69 Å². The minimum atomic E-state index is -0.651. The van der Waals surface area contributed by atoms with Gasteiger partial charge in [0.25, 0.3) is 0 Å². The lowest BCUT2D eigenvalue weighted by atomic mass is 9.78. The fraction of sp³-hybridized carbons (Fsp3) is 0.917.